The van der Waals surface area contributed by atoms with Gasteiger partial charge in [0.25, 0.3) is 0 Å². The number of carbonyl (C=O) groups excluding carboxylic acids is 3. The number of alkyl halides is 1. The van der Waals surface area contributed by atoms with Gasteiger partial charge in [0, 0.05) is 4.43 Å². The summed E-state index contributed by atoms with van der Waals surface area (Å²) in [6.45, 7) is 3.83. The van der Waals surface area contributed by atoms with Gasteiger partial charge >= 0.3 is 6.03 Å². The molecule has 2 N–H and O–H groups in total. The van der Waals surface area contributed by atoms with Crippen LogP contribution in [0.1, 0.15) is 33.1 Å². The highest BCUT2D eigenvalue weighted by molar-refractivity contribution is 14.1. The van der Waals surface area contributed by atoms with Crippen LogP contribution in [0.25, 0.3) is 0 Å². The first-order chi connectivity index (χ1) is 8.02. The van der Waals surface area contributed by atoms with E-state index >= 15 is 0 Å². The molecule has 1 heterocycles. The number of imide groups is 2. The highest BCUT2D eigenvalue weighted by Crippen LogP contribution is 2.38. The van der Waals surface area contributed by atoms with Crippen LogP contribution in [0.15, 0.2) is 0 Å². The molecule has 17 heavy (non-hydrogen) atoms. The van der Waals surface area contributed by atoms with Gasteiger partial charge in [0.2, 0.25) is 11.8 Å². The van der Waals surface area contributed by atoms with E-state index in [9.17, 15) is 14.4 Å². The Morgan fingerprint density at radius 1 is 1.18 bits per heavy atom. The van der Waals surface area contributed by atoms with Crippen molar-refractivity contribution in [2.24, 2.45) is 11.3 Å². The first kappa shape index (κ1) is 14.4. The lowest BCUT2D eigenvalue weighted by Crippen LogP contribution is -2.65. The van der Waals surface area contributed by atoms with Crippen LogP contribution in [0.4, 0.5) is 4.79 Å². The highest BCUT2D eigenvalue weighted by atomic mass is 127. The van der Waals surface area contributed by atoms with Crippen molar-refractivity contribution in [2.45, 2.75) is 33.1 Å². The molecule has 1 unspecified atom stereocenters. The molecule has 1 aliphatic rings. The minimum atomic E-state index is -1.09. The average Bonchev–Trinajstić information content (AvgIpc) is 2.27. The van der Waals surface area contributed by atoms with E-state index in [1.54, 1.807) is 0 Å². The van der Waals surface area contributed by atoms with Crippen molar-refractivity contribution in [3.8, 4) is 0 Å². The van der Waals surface area contributed by atoms with Crippen molar-refractivity contribution in [3.63, 3.8) is 0 Å². The smallest absolute Gasteiger partial charge is 0.277 e. The lowest BCUT2D eigenvalue weighted by atomic mass is 9.70. The number of barbiturate groups is 1. The SMILES string of the molecule is CCCC(CI)C1(CC)C(=O)NC(=O)NC1=O. The fourth-order valence-corrected chi connectivity index (χ4v) is 3.54. The summed E-state index contributed by atoms with van der Waals surface area (Å²) in [5.41, 5.74) is -1.09. The normalized spacial score (nSPS) is 20.8. The molecule has 6 heteroatoms. The Hall–Kier alpha value is -0.660. The number of hydrogen-bond donors (Lipinski definition) is 2. The quantitative estimate of drug-likeness (QED) is 0.448. The molecular weight excluding hydrogens is 335 g/mol. The van der Waals surface area contributed by atoms with Gasteiger partial charge in [-0.05, 0) is 18.8 Å². The van der Waals surface area contributed by atoms with Crippen molar-refractivity contribution in [2.75, 3.05) is 4.43 Å². The summed E-state index contributed by atoms with van der Waals surface area (Å²) in [4.78, 5) is 35.2. The minimum absolute atomic E-state index is 0.0359. The van der Waals surface area contributed by atoms with Crippen LogP contribution in [0.3, 0.4) is 0 Å². The molecule has 1 atom stereocenters. The Morgan fingerprint density at radius 3 is 2.06 bits per heavy atom. The standard InChI is InChI=1S/C11H17IN2O3/c1-3-5-7(6-12)11(4-2)8(15)13-10(17)14-9(11)16/h7H,3-6H2,1-2H3,(H2,13,14,15,16,17). The number of rotatable bonds is 5. The molecule has 0 aromatic rings. The highest BCUT2D eigenvalue weighted by Gasteiger charge is 2.53. The maximum absolute atomic E-state index is 12.0. The Labute approximate surface area is 114 Å². The van der Waals surface area contributed by atoms with E-state index in [0.717, 1.165) is 12.8 Å². The lowest BCUT2D eigenvalue weighted by Gasteiger charge is -2.38. The second-order valence-corrected chi connectivity index (χ2v) is 5.08. The van der Waals surface area contributed by atoms with Crippen molar-refractivity contribution < 1.29 is 14.4 Å². The van der Waals surface area contributed by atoms with E-state index in [4.69, 9.17) is 0 Å². The van der Waals surface area contributed by atoms with Crippen molar-refractivity contribution in [1.29, 1.82) is 0 Å². The Balaban J connectivity index is 3.11. The van der Waals surface area contributed by atoms with Crippen molar-refractivity contribution >= 4 is 40.4 Å². The van der Waals surface area contributed by atoms with Gasteiger partial charge in [-0.15, -0.1) is 0 Å². The van der Waals surface area contributed by atoms with Gasteiger partial charge < -0.3 is 0 Å². The summed E-state index contributed by atoms with van der Waals surface area (Å²) in [6, 6.07) is -0.715. The Kier molecular flexibility index (Phi) is 4.91. The number of halogens is 1. The number of urea groups is 1. The van der Waals surface area contributed by atoms with Crippen LogP contribution in [0, 0.1) is 11.3 Å². The molecule has 0 radical (unpaired) electrons. The summed E-state index contributed by atoms with van der Waals surface area (Å²) >= 11 is 2.19. The number of hydrogen-bond acceptors (Lipinski definition) is 3. The molecule has 0 spiro atoms. The predicted molar refractivity (Wildman–Crippen MR) is 71.7 cm³/mol. The summed E-state index contributed by atoms with van der Waals surface area (Å²) in [6.07, 6.45) is 2.11. The molecule has 0 bridgehead atoms. The van der Waals surface area contributed by atoms with E-state index in [1.807, 2.05) is 13.8 Å². The van der Waals surface area contributed by atoms with Gasteiger partial charge in [-0.25, -0.2) is 4.79 Å². The average molecular weight is 352 g/mol. The van der Waals surface area contributed by atoms with Crippen LogP contribution >= 0.6 is 22.6 Å². The predicted octanol–water partition coefficient (Wildman–Crippen LogP) is 1.60. The first-order valence-corrected chi connectivity index (χ1v) is 7.28. The van der Waals surface area contributed by atoms with E-state index in [-0.39, 0.29) is 5.92 Å². The molecule has 0 aromatic carbocycles. The third-order valence-corrected chi connectivity index (χ3v) is 4.41. The van der Waals surface area contributed by atoms with E-state index < -0.39 is 23.3 Å². The van der Waals surface area contributed by atoms with Gasteiger partial charge in [-0.3, -0.25) is 20.2 Å². The molecule has 1 aliphatic heterocycles. The zero-order valence-corrected chi connectivity index (χ0v) is 12.2. The van der Waals surface area contributed by atoms with Crippen LogP contribution in [0.5, 0.6) is 0 Å². The zero-order chi connectivity index (χ0) is 13.1. The molecule has 0 aromatic heterocycles. The number of carbonyl (C=O) groups is 3. The van der Waals surface area contributed by atoms with Gasteiger partial charge in [0.15, 0.2) is 0 Å². The number of nitrogens with one attached hydrogen (secondary N) is 2. The van der Waals surface area contributed by atoms with Gasteiger partial charge in [-0.1, -0.05) is 42.9 Å². The second kappa shape index (κ2) is 5.79. The van der Waals surface area contributed by atoms with Crippen LogP contribution in [0.2, 0.25) is 0 Å². The maximum atomic E-state index is 12.0. The van der Waals surface area contributed by atoms with Gasteiger partial charge in [-0.2, -0.15) is 0 Å². The van der Waals surface area contributed by atoms with Crippen LogP contribution in [-0.4, -0.2) is 22.3 Å². The molecule has 5 nitrogen and oxygen atoms in total. The third kappa shape index (κ3) is 2.46. The molecule has 96 valence electrons. The van der Waals surface area contributed by atoms with E-state index in [0.29, 0.717) is 10.8 Å². The first-order valence-electron chi connectivity index (χ1n) is 5.75. The van der Waals surface area contributed by atoms with Gasteiger partial charge in [0.1, 0.15) is 5.41 Å². The Bertz CT molecular complexity index is 324. The molecule has 1 fully saturated rings. The zero-order valence-electron chi connectivity index (χ0n) is 10.0. The summed E-state index contributed by atoms with van der Waals surface area (Å²) in [7, 11) is 0. The van der Waals surface area contributed by atoms with Crippen LogP contribution < -0.4 is 10.6 Å². The van der Waals surface area contributed by atoms with Crippen molar-refractivity contribution in [1.82, 2.24) is 10.6 Å². The maximum Gasteiger partial charge on any atom is 0.328 e. The van der Waals surface area contributed by atoms with Crippen LogP contribution in [-0.2, 0) is 9.59 Å². The molecular formula is C11H17IN2O3. The number of amides is 4. The minimum Gasteiger partial charge on any atom is -0.277 e. The fourth-order valence-electron chi connectivity index (χ4n) is 2.35. The van der Waals surface area contributed by atoms with E-state index in [1.165, 1.54) is 0 Å². The Morgan fingerprint density at radius 2 is 1.71 bits per heavy atom. The van der Waals surface area contributed by atoms with Crippen molar-refractivity contribution in [3.05, 3.63) is 0 Å². The second-order valence-electron chi connectivity index (χ2n) is 4.20. The molecule has 4 amide bonds. The summed E-state index contributed by atoms with van der Waals surface area (Å²) in [5.74, 6) is -0.945. The fraction of sp³-hybridized carbons (Fsp3) is 0.727. The monoisotopic (exact) mass is 352 g/mol. The topological polar surface area (TPSA) is 75.3 Å². The molecule has 1 rings (SSSR count). The largest absolute Gasteiger partial charge is 0.328 e. The summed E-state index contributed by atoms with van der Waals surface area (Å²) in [5, 5.41) is 4.42. The third-order valence-electron chi connectivity index (χ3n) is 3.34. The van der Waals surface area contributed by atoms with Gasteiger partial charge in [0.05, 0.1) is 0 Å². The molecule has 0 saturated carbocycles. The molecule has 0 aliphatic carbocycles. The lowest BCUT2D eigenvalue weighted by molar-refractivity contribution is -0.148. The molecule has 1 saturated heterocycles. The van der Waals surface area contributed by atoms with E-state index in [2.05, 4.69) is 33.2 Å². The summed E-state index contributed by atoms with van der Waals surface area (Å²) < 4.78 is 0.717.